The molecule has 0 radical (unpaired) electrons. The molecule has 0 fully saturated rings. The van der Waals surface area contributed by atoms with Gasteiger partial charge in [-0.2, -0.15) is 0 Å². The maximum atomic E-state index is 12.0. The van der Waals surface area contributed by atoms with Gasteiger partial charge in [0.25, 0.3) is 0 Å². The lowest BCUT2D eigenvalue weighted by Crippen LogP contribution is -2.29. The number of fused-ring (bicyclic) bond motifs is 3. The van der Waals surface area contributed by atoms with Crippen LogP contribution in [0.15, 0.2) is 45.9 Å². The van der Waals surface area contributed by atoms with E-state index in [1.54, 1.807) is 12.3 Å². The minimum Gasteiger partial charge on any atom is -0.492 e. The molecule has 0 aliphatic carbocycles. The Morgan fingerprint density at radius 3 is 2.83 bits per heavy atom. The fourth-order valence-corrected chi connectivity index (χ4v) is 2.72. The summed E-state index contributed by atoms with van der Waals surface area (Å²) in [6.07, 6.45) is 4.09. The van der Waals surface area contributed by atoms with Gasteiger partial charge >= 0.3 is 5.63 Å². The molecule has 0 saturated heterocycles. The second-order valence-electron chi connectivity index (χ2n) is 6.17. The van der Waals surface area contributed by atoms with Gasteiger partial charge in [-0.1, -0.05) is 13.8 Å². The lowest BCUT2D eigenvalue weighted by Gasteiger charge is -2.15. The summed E-state index contributed by atoms with van der Waals surface area (Å²) in [5, 5.41) is 2.17. The molecule has 1 atom stereocenters. The third kappa shape index (κ3) is 3.35. The van der Waals surface area contributed by atoms with Crippen molar-refractivity contribution in [3.63, 3.8) is 0 Å². The number of pyridine rings is 1. The zero-order valence-electron chi connectivity index (χ0n) is 13.3. The first-order chi connectivity index (χ1) is 11.0. The minimum atomic E-state index is -0.394. The van der Waals surface area contributed by atoms with E-state index in [4.69, 9.17) is 14.9 Å². The zero-order chi connectivity index (χ0) is 16.4. The molecule has 2 heterocycles. The Hall–Kier alpha value is -2.40. The summed E-state index contributed by atoms with van der Waals surface area (Å²) in [6.45, 7) is 4.69. The van der Waals surface area contributed by atoms with Crippen molar-refractivity contribution in [1.29, 1.82) is 0 Å². The average molecular weight is 312 g/mol. The predicted molar refractivity (Wildman–Crippen MR) is 90.7 cm³/mol. The normalized spacial score (nSPS) is 12.9. The van der Waals surface area contributed by atoms with Gasteiger partial charge in [-0.25, -0.2) is 4.79 Å². The zero-order valence-corrected chi connectivity index (χ0v) is 13.3. The Balaban J connectivity index is 1.91. The average Bonchev–Trinajstić information content (AvgIpc) is 2.52. The predicted octanol–water partition coefficient (Wildman–Crippen LogP) is 3.09. The third-order valence-electron chi connectivity index (χ3n) is 3.73. The summed E-state index contributed by atoms with van der Waals surface area (Å²) in [6, 6.07) is 7.29. The van der Waals surface area contributed by atoms with E-state index >= 15 is 0 Å². The molecule has 0 aliphatic rings. The summed E-state index contributed by atoms with van der Waals surface area (Å²) >= 11 is 0. The molecular weight excluding hydrogens is 292 g/mol. The number of nitrogens with two attached hydrogens (primary N) is 1. The van der Waals surface area contributed by atoms with Crippen LogP contribution in [-0.4, -0.2) is 17.6 Å². The second-order valence-corrected chi connectivity index (χ2v) is 6.17. The highest BCUT2D eigenvalue weighted by Crippen LogP contribution is 2.26. The van der Waals surface area contributed by atoms with Crippen molar-refractivity contribution in [1.82, 2.24) is 4.98 Å². The third-order valence-corrected chi connectivity index (χ3v) is 3.73. The number of nitrogens with zero attached hydrogens (tertiary/aromatic N) is 1. The molecule has 120 valence electrons. The molecule has 0 bridgehead atoms. The van der Waals surface area contributed by atoms with E-state index in [2.05, 4.69) is 18.8 Å². The van der Waals surface area contributed by atoms with Gasteiger partial charge in [0.15, 0.2) is 0 Å². The van der Waals surface area contributed by atoms with Gasteiger partial charge in [-0.15, -0.1) is 0 Å². The first-order valence-electron chi connectivity index (χ1n) is 7.73. The van der Waals surface area contributed by atoms with Crippen LogP contribution in [0.25, 0.3) is 21.7 Å². The molecule has 5 nitrogen and oxygen atoms in total. The number of hydrogen-bond donors (Lipinski definition) is 1. The number of aromatic nitrogens is 1. The molecule has 2 N–H and O–H groups in total. The fraction of sp³-hybridized carbons (Fsp3) is 0.333. The van der Waals surface area contributed by atoms with Crippen molar-refractivity contribution in [2.45, 2.75) is 26.3 Å². The Kier molecular flexibility index (Phi) is 4.30. The van der Waals surface area contributed by atoms with E-state index < -0.39 is 5.63 Å². The minimum absolute atomic E-state index is 0.0135. The summed E-state index contributed by atoms with van der Waals surface area (Å²) in [7, 11) is 0. The van der Waals surface area contributed by atoms with E-state index in [0.29, 0.717) is 29.2 Å². The summed E-state index contributed by atoms with van der Waals surface area (Å²) in [5.74, 6) is 1.18. The second kappa shape index (κ2) is 6.38. The molecule has 2 aromatic heterocycles. The molecule has 23 heavy (non-hydrogen) atoms. The molecule has 0 aliphatic heterocycles. The highest BCUT2D eigenvalue weighted by molar-refractivity contribution is 6.04. The van der Waals surface area contributed by atoms with Crippen LogP contribution in [0.4, 0.5) is 0 Å². The van der Waals surface area contributed by atoms with Crippen molar-refractivity contribution < 1.29 is 9.15 Å². The van der Waals surface area contributed by atoms with Crippen LogP contribution in [0.1, 0.15) is 20.3 Å². The van der Waals surface area contributed by atoms with Crippen molar-refractivity contribution in [3.8, 4) is 5.75 Å². The topological polar surface area (TPSA) is 78.4 Å². The van der Waals surface area contributed by atoms with Gasteiger partial charge in [-0.05, 0) is 30.5 Å². The van der Waals surface area contributed by atoms with Crippen molar-refractivity contribution in [2.75, 3.05) is 6.61 Å². The van der Waals surface area contributed by atoms with E-state index in [9.17, 15) is 4.79 Å². The lowest BCUT2D eigenvalue weighted by molar-refractivity contribution is 0.271. The van der Waals surface area contributed by atoms with Crippen LogP contribution in [0.5, 0.6) is 5.75 Å². The van der Waals surface area contributed by atoms with Crippen molar-refractivity contribution in [3.05, 3.63) is 47.1 Å². The molecule has 3 aromatic rings. The van der Waals surface area contributed by atoms with E-state index in [-0.39, 0.29) is 6.04 Å². The van der Waals surface area contributed by atoms with Gasteiger partial charge in [0.2, 0.25) is 0 Å². The Bertz CT molecular complexity index is 886. The fourth-order valence-electron chi connectivity index (χ4n) is 2.72. The van der Waals surface area contributed by atoms with E-state index in [0.717, 1.165) is 17.2 Å². The van der Waals surface area contributed by atoms with Crippen LogP contribution < -0.4 is 16.1 Å². The van der Waals surface area contributed by atoms with Crippen molar-refractivity contribution >= 4 is 21.7 Å². The van der Waals surface area contributed by atoms with Crippen LogP contribution in [0.2, 0.25) is 0 Å². The Morgan fingerprint density at radius 1 is 1.22 bits per heavy atom. The van der Waals surface area contributed by atoms with Gasteiger partial charge < -0.3 is 14.9 Å². The molecule has 3 rings (SSSR count). The maximum Gasteiger partial charge on any atom is 0.345 e. The Morgan fingerprint density at radius 2 is 2.04 bits per heavy atom. The molecule has 1 aromatic carbocycles. The van der Waals surface area contributed by atoms with Crippen LogP contribution in [0.3, 0.4) is 0 Å². The molecule has 0 saturated carbocycles. The highest BCUT2D eigenvalue weighted by Gasteiger charge is 2.10. The van der Waals surface area contributed by atoms with E-state index in [1.165, 1.54) is 6.20 Å². The summed E-state index contributed by atoms with van der Waals surface area (Å²) < 4.78 is 11.1. The number of benzene rings is 1. The van der Waals surface area contributed by atoms with Crippen LogP contribution in [0, 0.1) is 5.92 Å². The number of ether oxygens (including phenoxy) is 1. The molecule has 0 amide bonds. The molecule has 0 spiro atoms. The van der Waals surface area contributed by atoms with Crippen LogP contribution >= 0.6 is 0 Å². The smallest absolute Gasteiger partial charge is 0.345 e. The Labute approximate surface area is 134 Å². The molecule has 5 heteroatoms. The van der Waals surface area contributed by atoms with Gasteiger partial charge in [0, 0.05) is 35.3 Å². The van der Waals surface area contributed by atoms with Crippen molar-refractivity contribution in [2.24, 2.45) is 11.7 Å². The van der Waals surface area contributed by atoms with Gasteiger partial charge in [0.05, 0.1) is 5.39 Å². The van der Waals surface area contributed by atoms with Gasteiger partial charge in [0.1, 0.15) is 17.9 Å². The molecular formula is C18H20N2O3. The monoisotopic (exact) mass is 312 g/mol. The van der Waals surface area contributed by atoms with Gasteiger partial charge in [-0.3, -0.25) is 4.98 Å². The lowest BCUT2D eigenvalue weighted by atomic mass is 10.1. The largest absolute Gasteiger partial charge is 0.492 e. The number of hydrogen-bond acceptors (Lipinski definition) is 5. The molecule has 1 unspecified atom stereocenters. The first kappa shape index (κ1) is 15.5. The standard InChI is InChI=1S/C18H20N2O3/c1-11(2)7-12(19)10-22-13-3-4-15-14-5-6-20-9-16(14)18(21)23-17(15)8-13/h3-6,8-9,11-12H,7,10,19H2,1-2H3. The highest BCUT2D eigenvalue weighted by atomic mass is 16.5. The number of rotatable bonds is 5. The first-order valence-corrected chi connectivity index (χ1v) is 7.73. The summed E-state index contributed by atoms with van der Waals surface area (Å²) in [5.41, 5.74) is 6.14. The van der Waals surface area contributed by atoms with E-state index in [1.807, 2.05) is 18.2 Å². The summed E-state index contributed by atoms with van der Waals surface area (Å²) in [4.78, 5) is 16.0. The van der Waals surface area contributed by atoms with Crippen LogP contribution in [-0.2, 0) is 0 Å². The maximum absolute atomic E-state index is 12.0. The quantitative estimate of drug-likeness (QED) is 0.578. The SMILES string of the molecule is CC(C)CC(N)COc1ccc2c(c1)oc(=O)c1cnccc12.